The van der Waals surface area contributed by atoms with Crippen LogP contribution in [0.2, 0.25) is 0 Å². The number of ether oxygens (including phenoxy) is 1. The van der Waals surface area contributed by atoms with Crippen LogP contribution in [0, 0.1) is 17.7 Å². The zero-order chi connectivity index (χ0) is 25.3. The minimum Gasteiger partial charge on any atom is -0.378 e. The molecule has 2 fully saturated rings. The van der Waals surface area contributed by atoms with Crippen molar-refractivity contribution in [1.29, 1.82) is 0 Å². The zero-order valence-electron chi connectivity index (χ0n) is 20.8. The second-order valence-electron chi connectivity index (χ2n) is 8.80. The molecular weight excluding hydrogens is 494 g/mol. The molecule has 0 spiro atoms. The molecule has 1 aromatic carbocycles. The van der Waals surface area contributed by atoms with E-state index in [4.69, 9.17) is 27.3 Å². The summed E-state index contributed by atoms with van der Waals surface area (Å²) >= 11 is 6.50. The number of aromatic nitrogens is 2. The number of benzene rings is 1. The van der Waals surface area contributed by atoms with Crippen LogP contribution in [0.25, 0.3) is 17.5 Å². The van der Waals surface area contributed by atoms with Gasteiger partial charge >= 0.3 is 0 Å². The maximum Gasteiger partial charge on any atom is 0.162 e. The quantitative estimate of drug-likeness (QED) is 0.153. The number of rotatable bonds is 9. The van der Waals surface area contributed by atoms with E-state index in [9.17, 15) is 4.91 Å². The van der Waals surface area contributed by atoms with Gasteiger partial charge in [-0.15, -0.1) is 12.6 Å². The van der Waals surface area contributed by atoms with Crippen LogP contribution < -0.4 is 10.3 Å². The monoisotopic (exact) mass is 527 g/mol. The Hall–Kier alpha value is -2.47. The van der Waals surface area contributed by atoms with E-state index in [-0.39, 0.29) is 0 Å². The summed E-state index contributed by atoms with van der Waals surface area (Å²) in [6.07, 6.45) is 5.85. The average molecular weight is 528 g/mol. The van der Waals surface area contributed by atoms with Crippen molar-refractivity contribution >= 4 is 48.4 Å². The van der Waals surface area contributed by atoms with Crippen molar-refractivity contribution in [2.45, 2.75) is 31.6 Å². The van der Waals surface area contributed by atoms with Gasteiger partial charge in [0.1, 0.15) is 5.82 Å². The molecule has 9 nitrogen and oxygen atoms in total. The lowest BCUT2D eigenvalue weighted by atomic mass is 10.0. The molecule has 3 heterocycles. The predicted molar refractivity (Wildman–Crippen MR) is 152 cm³/mol. The predicted octanol–water partition coefficient (Wildman–Crippen LogP) is 5.09. The first-order valence-electron chi connectivity index (χ1n) is 12.3. The van der Waals surface area contributed by atoms with Crippen LogP contribution >= 0.6 is 24.6 Å². The first-order valence-corrected chi connectivity index (χ1v) is 13.5. The number of hydrazone groups is 1. The highest BCUT2D eigenvalue weighted by atomic mass is 32.2. The molecule has 2 aliphatic heterocycles. The standard InChI is InChI=1S/C25H33N7O2S2/c1-3-26-30-21-8-4-7-20(18(21)2)24-28-22(23(35)25(29-24)31-11-13-34-14-12-31)9-15-36-32-10-5-6-19(17-32)16-27-33/h3-4,7-9,15,19,30,35H,5-6,10-14,16-17H2,1-2H3/b15-9+,26-3-. The third-order valence-electron chi connectivity index (χ3n) is 6.34. The highest BCUT2D eigenvalue weighted by molar-refractivity contribution is 8.00. The van der Waals surface area contributed by atoms with E-state index in [0.29, 0.717) is 31.5 Å². The minimum absolute atomic E-state index is 0.331. The molecule has 0 saturated carbocycles. The summed E-state index contributed by atoms with van der Waals surface area (Å²) in [7, 11) is 0. The first kappa shape index (κ1) is 26.6. The summed E-state index contributed by atoms with van der Waals surface area (Å²) in [6.45, 7) is 8.99. The van der Waals surface area contributed by atoms with Gasteiger partial charge in [-0.25, -0.2) is 14.3 Å². The number of hydrogen-bond acceptors (Lipinski definition) is 11. The van der Waals surface area contributed by atoms with Crippen molar-refractivity contribution in [3.05, 3.63) is 39.8 Å². The van der Waals surface area contributed by atoms with Crippen LogP contribution in [0.5, 0.6) is 0 Å². The molecule has 1 aromatic heterocycles. The summed E-state index contributed by atoms with van der Waals surface area (Å²) in [5, 5.41) is 9.32. The smallest absolute Gasteiger partial charge is 0.162 e. The van der Waals surface area contributed by atoms with E-state index < -0.39 is 0 Å². The summed E-state index contributed by atoms with van der Waals surface area (Å²) in [5.74, 6) is 1.79. The third kappa shape index (κ3) is 6.64. The van der Waals surface area contributed by atoms with Crippen molar-refractivity contribution in [2.75, 3.05) is 56.3 Å². The lowest BCUT2D eigenvalue weighted by molar-refractivity contribution is 0.122. The molecule has 0 radical (unpaired) electrons. The summed E-state index contributed by atoms with van der Waals surface area (Å²) < 4.78 is 7.84. The number of thiol groups is 1. The van der Waals surface area contributed by atoms with Gasteiger partial charge in [-0.2, -0.15) is 10.0 Å². The highest BCUT2D eigenvalue weighted by Crippen LogP contribution is 2.33. The fourth-order valence-electron chi connectivity index (χ4n) is 4.38. The molecule has 2 aliphatic rings. The summed E-state index contributed by atoms with van der Waals surface area (Å²) in [6, 6.07) is 6.00. The van der Waals surface area contributed by atoms with Gasteiger partial charge < -0.3 is 9.64 Å². The van der Waals surface area contributed by atoms with Gasteiger partial charge in [-0.1, -0.05) is 29.3 Å². The number of nitroso groups, excluding NO2 is 1. The van der Waals surface area contributed by atoms with Crippen molar-refractivity contribution in [3.8, 4) is 11.4 Å². The van der Waals surface area contributed by atoms with E-state index in [1.807, 2.05) is 43.5 Å². The fourth-order valence-corrected chi connectivity index (χ4v) is 5.59. The Morgan fingerprint density at radius 3 is 2.89 bits per heavy atom. The van der Waals surface area contributed by atoms with Crippen molar-refractivity contribution in [3.63, 3.8) is 0 Å². The zero-order valence-corrected chi connectivity index (χ0v) is 22.5. The van der Waals surface area contributed by atoms with Gasteiger partial charge in [0.25, 0.3) is 0 Å². The molecule has 36 heavy (non-hydrogen) atoms. The molecule has 0 bridgehead atoms. The van der Waals surface area contributed by atoms with E-state index >= 15 is 0 Å². The molecule has 1 atom stereocenters. The molecule has 1 N–H and O–H groups in total. The van der Waals surface area contributed by atoms with E-state index in [1.54, 1.807) is 18.2 Å². The Kier molecular flexibility index (Phi) is 9.74. The van der Waals surface area contributed by atoms with Gasteiger partial charge in [0.2, 0.25) is 0 Å². The number of piperidine rings is 1. The maximum atomic E-state index is 10.7. The lowest BCUT2D eigenvalue weighted by Gasteiger charge is -2.30. The minimum atomic E-state index is 0.331. The summed E-state index contributed by atoms with van der Waals surface area (Å²) in [4.78, 5) is 23.5. The number of anilines is 2. The topological polar surface area (TPSA) is 95.3 Å². The molecule has 1 unspecified atom stereocenters. The first-order chi connectivity index (χ1) is 17.6. The van der Waals surface area contributed by atoms with Crippen molar-refractivity contribution in [1.82, 2.24) is 14.3 Å². The Morgan fingerprint density at radius 1 is 1.28 bits per heavy atom. The number of nitrogens with zero attached hydrogens (tertiary/aromatic N) is 6. The molecule has 2 saturated heterocycles. The van der Waals surface area contributed by atoms with Gasteiger partial charge in [0.15, 0.2) is 5.82 Å². The van der Waals surface area contributed by atoms with Crippen LogP contribution in [0.4, 0.5) is 11.5 Å². The van der Waals surface area contributed by atoms with Gasteiger partial charge in [0.05, 0.1) is 36.0 Å². The average Bonchev–Trinajstić information content (AvgIpc) is 2.90. The number of morpholine rings is 1. The number of nitrogens with one attached hydrogen (secondary N) is 1. The molecule has 11 heteroatoms. The van der Waals surface area contributed by atoms with Crippen LogP contribution in [0.15, 0.2) is 38.8 Å². The van der Waals surface area contributed by atoms with Gasteiger partial charge in [-0.3, -0.25) is 5.43 Å². The summed E-state index contributed by atoms with van der Waals surface area (Å²) in [5.41, 5.74) is 6.73. The van der Waals surface area contributed by atoms with Crippen molar-refractivity contribution in [2.24, 2.45) is 16.2 Å². The molecule has 0 aliphatic carbocycles. The Balaban J connectivity index is 1.64. The molecule has 2 aromatic rings. The number of hydrogen-bond donors (Lipinski definition) is 2. The SMILES string of the molecule is C/C=N\Nc1cccc(-c2nc(/C=C/SN3CCCC(CN=O)C3)c(S)c(N3CCOCC3)n2)c1C. The largest absolute Gasteiger partial charge is 0.378 e. The molecule has 4 rings (SSSR count). The van der Waals surface area contributed by atoms with Gasteiger partial charge in [0, 0.05) is 38.0 Å². The lowest BCUT2D eigenvalue weighted by Crippen LogP contribution is -2.37. The Morgan fingerprint density at radius 2 is 2.11 bits per heavy atom. The normalized spacial score (nSPS) is 19.3. The van der Waals surface area contributed by atoms with E-state index in [0.717, 1.165) is 72.2 Å². The van der Waals surface area contributed by atoms with Crippen LogP contribution in [0.1, 0.15) is 31.0 Å². The second kappa shape index (κ2) is 13.2. The highest BCUT2D eigenvalue weighted by Gasteiger charge is 2.22. The fraction of sp³-hybridized carbons (Fsp3) is 0.480. The molecule has 0 amide bonds. The van der Waals surface area contributed by atoms with E-state index in [1.165, 1.54) is 0 Å². The molecular formula is C25H33N7O2S2. The van der Waals surface area contributed by atoms with Crippen LogP contribution in [0.3, 0.4) is 0 Å². The van der Waals surface area contributed by atoms with Crippen LogP contribution in [-0.2, 0) is 4.74 Å². The van der Waals surface area contributed by atoms with E-state index in [2.05, 4.69) is 24.9 Å². The second-order valence-corrected chi connectivity index (χ2v) is 10.2. The third-order valence-corrected chi connectivity index (χ3v) is 7.66. The van der Waals surface area contributed by atoms with Gasteiger partial charge in [-0.05, 0) is 55.7 Å². The molecule has 192 valence electrons. The Labute approximate surface area is 222 Å². The van der Waals surface area contributed by atoms with Crippen molar-refractivity contribution < 1.29 is 4.74 Å². The van der Waals surface area contributed by atoms with Crippen LogP contribution in [-0.4, -0.2) is 66.4 Å². The maximum absolute atomic E-state index is 10.7. The Bertz CT molecular complexity index is 1110.